The maximum Gasteiger partial charge on any atom is 0.141 e. The summed E-state index contributed by atoms with van der Waals surface area (Å²) in [7, 11) is 0. The van der Waals surface area contributed by atoms with E-state index in [9.17, 15) is 4.39 Å². The van der Waals surface area contributed by atoms with Crippen LogP contribution in [0.2, 0.25) is 5.02 Å². The molecule has 3 aromatic carbocycles. The topological polar surface area (TPSA) is 52.0 Å². The van der Waals surface area contributed by atoms with E-state index in [1.165, 1.54) is 12.1 Å². The first-order chi connectivity index (χ1) is 17.1. The van der Waals surface area contributed by atoms with Crippen LogP contribution >= 0.6 is 11.6 Å². The summed E-state index contributed by atoms with van der Waals surface area (Å²) < 4.78 is 21.4. The van der Waals surface area contributed by atoms with Gasteiger partial charge < -0.3 is 14.6 Å². The molecule has 1 aliphatic carbocycles. The molecule has 2 heterocycles. The van der Waals surface area contributed by atoms with Gasteiger partial charge in [-0.2, -0.15) is 0 Å². The van der Waals surface area contributed by atoms with E-state index in [0.29, 0.717) is 22.6 Å². The van der Waals surface area contributed by atoms with Gasteiger partial charge in [-0.15, -0.1) is 0 Å². The maximum absolute atomic E-state index is 13.4. The Morgan fingerprint density at radius 2 is 1.94 bits per heavy atom. The number of anilines is 2. The molecule has 1 fully saturated rings. The van der Waals surface area contributed by atoms with Gasteiger partial charge >= 0.3 is 0 Å². The molecule has 0 spiro atoms. The number of fused-ring (bicyclic) bond motifs is 1. The smallest absolute Gasteiger partial charge is 0.141 e. The summed E-state index contributed by atoms with van der Waals surface area (Å²) in [6.07, 6.45) is 9.25. The Morgan fingerprint density at radius 1 is 1.03 bits per heavy atom. The van der Waals surface area contributed by atoms with Crippen molar-refractivity contribution in [2.45, 2.75) is 19.1 Å². The lowest BCUT2D eigenvalue weighted by Crippen LogP contribution is -1.99. The Hall–Kier alpha value is -3.90. The number of benzene rings is 3. The highest BCUT2D eigenvalue weighted by atomic mass is 35.5. The van der Waals surface area contributed by atoms with Crippen LogP contribution in [-0.4, -0.2) is 14.5 Å². The van der Waals surface area contributed by atoms with Crippen molar-refractivity contribution < 1.29 is 9.13 Å². The molecule has 5 aromatic rings. The Balaban J connectivity index is 1.23. The normalized spacial score (nSPS) is 13.2. The van der Waals surface area contributed by atoms with Crippen LogP contribution in [0.3, 0.4) is 0 Å². The molecular formula is C28H21ClFN4O. The summed E-state index contributed by atoms with van der Waals surface area (Å²) in [4.78, 5) is 8.89. The number of rotatable bonds is 7. The first kappa shape index (κ1) is 21.6. The second kappa shape index (κ2) is 9.04. The molecule has 0 bridgehead atoms. The van der Waals surface area contributed by atoms with Crippen molar-refractivity contribution in [3.8, 4) is 16.9 Å². The Kier molecular flexibility index (Phi) is 5.58. The molecule has 7 heteroatoms. The fourth-order valence-corrected chi connectivity index (χ4v) is 4.29. The van der Waals surface area contributed by atoms with Crippen molar-refractivity contribution in [3.05, 3.63) is 108 Å². The number of nitrogens with one attached hydrogen (secondary N) is 1. The van der Waals surface area contributed by atoms with E-state index in [0.717, 1.165) is 39.7 Å². The quantitative estimate of drug-likeness (QED) is 0.262. The number of ether oxygens (including phenoxy) is 1. The number of hydrogen-bond donors (Lipinski definition) is 1. The lowest BCUT2D eigenvalue weighted by atomic mass is 10.1. The maximum atomic E-state index is 13.4. The third kappa shape index (κ3) is 4.70. The van der Waals surface area contributed by atoms with Crippen LogP contribution in [0, 0.1) is 12.2 Å². The first-order valence-corrected chi connectivity index (χ1v) is 11.7. The van der Waals surface area contributed by atoms with Crippen molar-refractivity contribution in [2.75, 3.05) is 5.32 Å². The second-order valence-electron chi connectivity index (χ2n) is 8.53. The highest BCUT2D eigenvalue weighted by Gasteiger charge is 2.23. The minimum atomic E-state index is -0.295. The average molecular weight is 484 g/mol. The molecule has 5 nitrogen and oxygen atoms in total. The molecule has 35 heavy (non-hydrogen) atoms. The third-order valence-corrected chi connectivity index (χ3v) is 6.29. The van der Waals surface area contributed by atoms with E-state index in [2.05, 4.69) is 56.9 Å². The summed E-state index contributed by atoms with van der Waals surface area (Å²) in [5, 5.41) is 4.72. The van der Waals surface area contributed by atoms with Gasteiger partial charge in [0.25, 0.3) is 0 Å². The van der Waals surface area contributed by atoms with Crippen LogP contribution < -0.4 is 10.1 Å². The van der Waals surface area contributed by atoms with Crippen LogP contribution in [0.25, 0.3) is 22.0 Å². The molecule has 1 atom stereocenters. The lowest BCUT2D eigenvalue weighted by molar-refractivity contribution is 0.306. The van der Waals surface area contributed by atoms with Gasteiger partial charge in [0.15, 0.2) is 0 Å². The van der Waals surface area contributed by atoms with Gasteiger partial charge in [-0.05, 0) is 78.1 Å². The van der Waals surface area contributed by atoms with E-state index < -0.39 is 0 Å². The van der Waals surface area contributed by atoms with E-state index in [-0.39, 0.29) is 12.4 Å². The molecule has 2 aromatic heterocycles. The zero-order valence-corrected chi connectivity index (χ0v) is 19.4. The van der Waals surface area contributed by atoms with Gasteiger partial charge in [0.2, 0.25) is 0 Å². The first-order valence-electron chi connectivity index (χ1n) is 11.3. The third-order valence-electron chi connectivity index (χ3n) is 5.99. The van der Waals surface area contributed by atoms with Gasteiger partial charge in [0.1, 0.15) is 30.3 Å². The minimum absolute atomic E-state index is 0.226. The molecule has 6 rings (SSSR count). The summed E-state index contributed by atoms with van der Waals surface area (Å²) >= 11 is 6.47. The van der Waals surface area contributed by atoms with E-state index in [4.69, 9.17) is 16.3 Å². The highest BCUT2D eigenvalue weighted by molar-refractivity contribution is 6.32. The molecular weight excluding hydrogens is 463 g/mol. The van der Waals surface area contributed by atoms with Crippen LogP contribution in [0.5, 0.6) is 5.75 Å². The fourth-order valence-electron chi connectivity index (χ4n) is 4.05. The summed E-state index contributed by atoms with van der Waals surface area (Å²) in [5.41, 5.74) is 4.62. The number of halogens is 2. The molecule has 1 N–H and O–H groups in total. The zero-order valence-electron chi connectivity index (χ0n) is 18.7. The van der Waals surface area contributed by atoms with Crippen molar-refractivity contribution in [1.29, 1.82) is 0 Å². The van der Waals surface area contributed by atoms with Crippen LogP contribution in [0.15, 0.2) is 85.5 Å². The van der Waals surface area contributed by atoms with Crippen molar-refractivity contribution in [3.63, 3.8) is 0 Å². The monoisotopic (exact) mass is 483 g/mol. The zero-order chi connectivity index (χ0) is 23.8. The number of aromatic nitrogens is 3. The molecule has 0 unspecified atom stereocenters. The molecule has 1 aliphatic rings. The van der Waals surface area contributed by atoms with Crippen LogP contribution in [0.4, 0.5) is 15.9 Å². The number of hydrogen-bond acceptors (Lipinski definition) is 4. The summed E-state index contributed by atoms with van der Waals surface area (Å²) in [6, 6.07) is 20.6. The Bertz CT molecular complexity index is 1530. The summed E-state index contributed by atoms with van der Waals surface area (Å²) in [5.74, 6) is 0.918. The molecule has 1 saturated carbocycles. The van der Waals surface area contributed by atoms with Crippen LogP contribution in [-0.2, 0) is 6.61 Å². The van der Waals surface area contributed by atoms with E-state index in [1.54, 1.807) is 30.6 Å². The van der Waals surface area contributed by atoms with Crippen LogP contribution in [0.1, 0.15) is 18.0 Å². The molecule has 173 valence electrons. The van der Waals surface area contributed by atoms with Gasteiger partial charge in [0.05, 0.1) is 10.5 Å². The lowest BCUT2D eigenvalue weighted by Gasteiger charge is -2.12. The van der Waals surface area contributed by atoms with Gasteiger partial charge in [-0.25, -0.2) is 14.4 Å². The van der Waals surface area contributed by atoms with E-state index in [1.807, 2.05) is 12.1 Å². The SMILES string of the molecule is Fc1cccc(COc2ccc(Nc3ncnc4ccc(-c5ccn([C@H]6[CH]C6)c5)cc34)cc2Cl)c1. The highest BCUT2D eigenvalue weighted by Crippen LogP contribution is 2.36. The molecule has 0 saturated heterocycles. The van der Waals surface area contributed by atoms with Gasteiger partial charge in [-0.3, -0.25) is 0 Å². The van der Waals surface area contributed by atoms with E-state index >= 15 is 0 Å². The van der Waals surface area contributed by atoms with Crippen molar-refractivity contribution in [1.82, 2.24) is 14.5 Å². The number of nitrogens with zero attached hydrogens (tertiary/aromatic N) is 3. The van der Waals surface area contributed by atoms with Gasteiger partial charge in [-0.1, -0.05) is 29.8 Å². The summed E-state index contributed by atoms with van der Waals surface area (Å²) in [6.45, 7) is 0.226. The largest absolute Gasteiger partial charge is 0.487 e. The van der Waals surface area contributed by atoms with Crippen molar-refractivity contribution in [2.24, 2.45) is 0 Å². The van der Waals surface area contributed by atoms with Crippen molar-refractivity contribution >= 4 is 34.0 Å². The predicted octanol–water partition coefficient (Wildman–Crippen LogP) is 7.36. The second-order valence-corrected chi connectivity index (χ2v) is 8.94. The standard InChI is InChI=1S/C28H21ClFN4O/c29-25-14-22(5-9-27(25)35-16-18-2-1-3-21(30)12-18)33-28-24-13-19(4-8-26(24)31-17-32-28)20-10-11-34(15-20)23-6-7-23/h1-6,8-15,17,23H,7,16H2,(H,31,32,33)/t23-/m0/s1. The Labute approximate surface area is 207 Å². The Morgan fingerprint density at radius 3 is 2.77 bits per heavy atom. The minimum Gasteiger partial charge on any atom is -0.487 e. The predicted molar refractivity (Wildman–Crippen MR) is 136 cm³/mol. The molecule has 0 amide bonds. The van der Waals surface area contributed by atoms with Gasteiger partial charge in [0, 0.05) is 29.5 Å². The molecule has 1 radical (unpaired) electrons. The molecule has 0 aliphatic heterocycles. The fraction of sp³-hybridized carbons (Fsp3) is 0.107. The average Bonchev–Trinajstić information content (AvgIpc) is 3.60.